The monoisotopic (exact) mass is 451 g/mol. The predicted octanol–water partition coefficient (Wildman–Crippen LogP) is 0.646. The first-order valence-corrected chi connectivity index (χ1v) is 9.09. The Bertz CT molecular complexity index is 414. The molecule has 22 heavy (non-hydrogen) atoms. The van der Waals surface area contributed by atoms with Crippen LogP contribution < -0.4 is 10.6 Å². The lowest BCUT2D eigenvalue weighted by Crippen LogP contribution is -2.40. The fourth-order valence-corrected chi connectivity index (χ4v) is 1.65. The molecule has 0 bridgehead atoms. The van der Waals surface area contributed by atoms with Gasteiger partial charge in [-0.3, -0.25) is 4.99 Å². The van der Waals surface area contributed by atoms with Crippen LogP contribution in [0.15, 0.2) is 4.99 Å². The number of halogens is 1. The first-order valence-electron chi connectivity index (χ1n) is 7.03. The average molecular weight is 451 g/mol. The van der Waals surface area contributed by atoms with E-state index in [0.717, 1.165) is 6.54 Å². The van der Waals surface area contributed by atoms with E-state index in [-0.39, 0.29) is 41.9 Å². The zero-order valence-electron chi connectivity index (χ0n) is 14.1. The highest BCUT2D eigenvalue weighted by Gasteiger charge is 2.15. The van der Waals surface area contributed by atoms with Gasteiger partial charge >= 0.3 is 0 Å². The average Bonchev–Trinajstić information content (AvgIpc) is 2.38. The van der Waals surface area contributed by atoms with Crippen molar-refractivity contribution in [2.24, 2.45) is 4.99 Å². The normalized spacial score (nSPS) is 12.7. The number of hydrogen-bond donors (Lipinski definition) is 2. The molecule has 0 saturated heterocycles. The highest BCUT2D eigenvalue weighted by atomic mass is 127. The van der Waals surface area contributed by atoms with Gasteiger partial charge in [0, 0.05) is 26.5 Å². The number of hydrogen-bond acceptors (Lipinski definition) is 5. The summed E-state index contributed by atoms with van der Waals surface area (Å²) in [5.41, 5.74) is -0.311. The van der Waals surface area contributed by atoms with E-state index in [0.29, 0.717) is 25.7 Å². The van der Waals surface area contributed by atoms with Gasteiger partial charge in [-0.15, -0.1) is 24.0 Å². The predicted molar refractivity (Wildman–Crippen MR) is 101 cm³/mol. The molecule has 0 radical (unpaired) electrons. The van der Waals surface area contributed by atoms with Crippen LogP contribution in [0.5, 0.6) is 0 Å². The van der Waals surface area contributed by atoms with Crippen molar-refractivity contribution in [3.63, 3.8) is 0 Å². The second kappa shape index (κ2) is 12.3. The molecule has 0 spiro atoms. The van der Waals surface area contributed by atoms with Crippen LogP contribution in [0, 0.1) is 0 Å². The molecule has 9 heteroatoms. The molecule has 0 aromatic rings. The summed E-state index contributed by atoms with van der Waals surface area (Å²) in [7, 11) is -1.30. The summed E-state index contributed by atoms with van der Waals surface area (Å²) < 4.78 is 32.4. The first kappa shape index (κ1) is 24.1. The summed E-state index contributed by atoms with van der Waals surface area (Å²) in [5.74, 6) is 0.734. The van der Waals surface area contributed by atoms with Gasteiger partial charge < -0.3 is 20.1 Å². The van der Waals surface area contributed by atoms with Crippen molar-refractivity contribution in [1.82, 2.24) is 10.6 Å². The van der Waals surface area contributed by atoms with Crippen LogP contribution in [0.2, 0.25) is 0 Å². The molecule has 0 aliphatic carbocycles. The maximum absolute atomic E-state index is 10.9. The minimum atomic E-state index is -2.96. The maximum Gasteiger partial charge on any atom is 0.191 e. The fourth-order valence-electron chi connectivity index (χ4n) is 1.23. The molecule has 0 unspecified atom stereocenters. The van der Waals surface area contributed by atoms with Crippen LogP contribution in [0.3, 0.4) is 0 Å². The SMILES string of the molecule is CCNC(=NCC(C)(C)OC)NCCOCCS(C)(=O)=O.I. The van der Waals surface area contributed by atoms with Crippen molar-refractivity contribution in [3.05, 3.63) is 0 Å². The summed E-state index contributed by atoms with van der Waals surface area (Å²) in [6, 6.07) is 0. The molecule has 0 aromatic heterocycles. The van der Waals surface area contributed by atoms with Crippen LogP contribution in [0.4, 0.5) is 0 Å². The van der Waals surface area contributed by atoms with Crippen molar-refractivity contribution in [2.45, 2.75) is 26.4 Å². The number of guanidine groups is 1. The third-order valence-corrected chi connectivity index (χ3v) is 3.56. The lowest BCUT2D eigenvalue weighted by Gasteiger charge is -2.21. The lowest BCUT2D eigenvalue weighted by atomic mass is 10.1. The van der Waals surface area contributed by atoms with Crippen molar-refractivity contribution >= 4 is 39.8 Å². The molecular weight excluding hydrogens is 421 g/mol. The van der Waals surface area contributed by atoms with E-state index in [1.807, 2.05) is 20.8 Å². The molecule has 0 heterocycles. The van der Waals surface area contributed by atoms with Crippen molar-refractivity contribution in [1.29, 1.82) is 0 Å². The van der Waals surface area contributed by atoms with Gasteiger partial charge in [0.25, 0.3) is 0 Å². The summed E-state index contributed by atoms with van der Waals surface area (Å²) in [6.07, 6.45) is 1.20. The van der Waals surface area contributed by atoms with E-state index >= 15 is 0 Å². The number of nitrogens with one attached hydrogen (secondary N) is 2. The van der Waals surface area contributed by atoms with Gasteiger partial charge in [0.1, 0.15) is 9.84 Å². The van der Waals surface area contributed by atoms with Crippen LogP contribution >= 0.6 is 24.0 Å². The highest BCUT2D eigenvalue weighted by Crippen LogP contribution is 2.06. The Labute approximate surface area is 151 Å². The Morgan fingerprint density at radius 2 is 1.86 bits per heavy atom. The van der Waals surface area contributed by atoms with Gasteiger partial charge in [-0.05, 0) is 20.8 Å². The second-order valence-electron chi connectivity index (χ2n) is 5.33. The Kier molecular flexibility index (Phi) is 13.5. The standard InChI is InChI=1S/C13H29N3O4S.HI/c1-6-14-12(16-11-13(2,3)19-4)15-7-8-20-9-10-21(5,17)18;/h6-11H2,1-5H3,(H2,14,15,16);1H. The van der Waals surface area contributed by atoms with Crippen LogP contribution in [-0.4, -0.2) is 71.9 Å². The molecule has 0 aromatic carbocycles. The molecular formula is C13H30IN3O4S. The Balaban J connectivity index is 0. The summed E-state index contributed by atoms with van der Waals surface area (Å²) in [6.45, 7) is 8.41. The molecule has 0 rings (SSSR count). The van der Waals surface area contributed by atoms with Crippen molar-refractivity contribution < 1.29 is 17.9 Å². The topological polar surface area (TPSA) is 89.0 Å². The van der Waals surface area contributed by atoms with Gasteiger partial charge in [0.15, 0.2) is 5.96 Å². The zero-order valence-corrected chi connectivity index (χ0v) is 17.3. The van der Waals surface area contributed by atoms with Crippen LogP contribution in [0.1, 0.15) is 20.8 Å². The van der Waals surface area contributed by atoms with E-state index in [9.17, 15) is 8.42 Å². The molecule has 0 fully saturated rings. The van der Waals surface area contributed by atoms with E-state index < -0.39 is 9.84 Å². The quantitative estimate of drug-likeness (QED) is 0.220. The third kappa shape index (κ3) is 14.8. The van der Waals surface area contributed by atoms with Gasteiger partial charge in [-0.1, -0.05) is 0 Å². The molecule has 0 aliphatic heterocycles. The summed E-state index contributed by atoms with van der Waals surface area (Å²) >= 11 is 0. The van der Waals surface area contributed by atoms with Crippen molar-refractivity contribution in [2.75, 3.05) is 52.0 Å². The number of aliphatic imine (C=N–C) groups is 1. The molecule has 134 valence electrons. The molecule has 7 nitrogen and oxygen atoms in total. The van der Waals surface area contributed by atoms with Gasteiger partial charge in [-0.2, -0.15) is 0 Å². The smallest absolute Gasteiger partial charge is 0.191 e. The molecule has 0 amide bonds. The Morgan fingerprint density at radius 3 is 2.36 bits per heavy atom. The van der Waals surface area contributed by atoms with Crippen LogP contribution in [0.25, 0.3) is 0 Å². The number of sulfone groups is 1. The Hall–Kier alpha value is -0.130. The van der Waals surface area contributed by atoms with E-state index in [2.05, 4.69) is 15.6 Å². The largest absolute Gasteiger partial charge is 0.379 e. The summed E-state index contributed by atoms with van der Waals surface area (Å²) in [4.78, 5) is 4.43. The molecule has 0 atom stereocenters. The number of ether oxygens (including phenoxy) is 2. The minimum absolute atomic E-state index is 0. The number of methoxy groups -OCH3 is 1. The fraction of sp³-hybridized carbons (Fsp3) is 0.923. The van der Waals surface area contributed by atoms with Gasteiger partial charge in [-0.25, -0.2) is 8.42 Å². The third-order valence-electron chi connectivity index (χ3n) is 2.65. The molecule has 0 aliphatic rings. The van der Waals surface area contributed by atoms with E-state index in [1.54, 1.807) is 7.11 Å². The van der Waals surface area contributed by atoms with E-state index in [1.165, 1.54) is 6.26 Å². The van der Waals surface area contributed by atoms with Gasteiger partial charge in [0.2, 0.25) is 0 Å². The number of nitrogens with zero attached hydrogens (tertiary/aromatic N) is 1. The lowest BCUT2D eigenvalue weighted by molar-refractivity contribution is 0.0310. The highest BCUT2D eigenvalue weighted by molar-refractivity contribution is 14.0. The van der Waals surface area contributed by atoms with Crippen LogP contribution in [-0.2, 0) is 19.3 Å². The molecule has 0 saturated carbocycles. The first-order chi connectivity index (χ1) is 9.70. The maximum atomic E-state index is 10.9. The minimum Gasteiger partial charge on any atom is -0.379 e. The second-order valence-corrected chi connectivity index (χ2v) is 7.59. The zero-order chi connectivity index (χ0) is 16.4. The number of rotatable bonds is 10. The molecule has 2 N–H and O–H groups in total. The Morgan fingerprint density at radius 1 is 1.23 bits per heavy atom. The van der Waals surface area contributed by atoms with E-state index in [4.69, 9.17) is 9.47 Å². The van der Waals surface area contributed by atoms with Crippen molar-refractivity contribution in [3.8, 4) is 0 Å². The van der Waals surface area contributed by atoms with Gasteiger partial charge in [0.05, 0.1) is 31.1 Å². The summed E-state index contributed by atoms with van der Waals surface area (Å²) in [5, 5.41) is 6.25.